The van der Waals surface area contributed by atoms with Crippen LogP contribution in [-0.2, 0) is 17.0 Å². The van der Waals surface area contributed by atoms with Crippen molar-refractivity contribution in [3.05, 3.63) is 46.5 Å². The van der Waals surface area contributed by atoms with Crippen LogP contribution in [0.3, 0.4) is 0 Å². The lowest BCUT2D eigenvalue weighted by atomic mass is 10.2. The molecule has 1 N–H and O–H groups in total. The summed E-state index contributed by atoms with van der Waals surface area (Å²) in [5.74, 6) is -2.21. The molecule has 7 heteroatoms. The Morgan fingerprint density at radius 1 is 1.37 bits per heavy atom. The fraction of sp³-hybridized carbons (Fsp3) is 0.167. The Balaban J connectivity index is 1.96. The molecule has 2 rings (SSSR count). The van der Waals surface area contributed by atoms with Crippen LogP contribution in [0.5, 0.6) is 0 Å². The molecular formula is C12H9F2NO2S2. The second-order valence-electron chi connectivity index (χ2n) is 3.71. The van der Waals surface area contributed by atoms with Crippen molar-refractivity contribution >= 4 is 29.1 Å². The minimum absolute atomic E-state index is 0.109. The van der Waals surface area contributed by atoms with Gasteiger partial charge in [0.15, 0.2) is 11.6 Å². The average Bonchev–Trinajstić information content (AvgIpc) is 2.77. The molecule has 0 amide bonds. The molecule has 0 aliphatic heterocycles. The number of aromatic nitrogens is 1. The summed E-state index contributed by atoms with van der Waals surface area (Å²) in [5, 5.41) is 10.3. The van der Waals surface area contributed by atoms with Gasteiger partial charge in [-0.1, -0.05) is 17.8 Å². The Kier molecular flexibility index (Phi) is 4.49. The number of benzene rings is 1. The first-order valence-corrected chi connectivity index (χ1v) is 7.14. The summed E-state index contributed by atoms with van der Waals surface area (Å²) in [6.45, 7) is 0. The first-order valence-electron chi connectivity index (χ1n) is 5.27. The van der Waals surface area contributed by atoms with E-state index in [0.29, 0.717) is 21.3 Å². The van der Waals surface area contributed by atoms with E-state index in [2.05, 4.69) is 4.98 Å². The number of carboxylic acid groups (broad SMARTS) is 1. The normalized spacial score (nSPS) is 10.6. The van der Waals surface area contributed by atoms with Gasteiger partial charge < -0.3 is 5.11 Å². The molecule has 1 aromatic carbocycles. The Hall–Kier alpha value is -1.47. The highest BCUT2D eigenvalue weighted by Crippen LogP contribution is 2.26. The SMILES string of the molecule is O=C(O)Cc1csc(SCc2ccc(F)c(F)c2)n1. The number of nitrogens with zero attached hydrogens (tertiary/aromatic N) is 1. The number of hydrogen-bond donors (Lipinski definition) is 1. The summed E-state index contributed by atoms with van der Waals surface area (Å²) in [5.41, 5.74) is 1.16. The van der Waals surface area contributed by atoms with Gasteiger partial charge in [0, 0.05) is 11.1 Å². The predicted octanol–water partition coefficient (Wildman–Crippen LogP) is 3.34. The van der Waals surface area contributed by atoms with Crippen LogP contribution in [0.15, 0.2) is 27.9 Å². The van der Waals surface area contributed by atoms with Crippen LogP contribution < -0.4 is 0 Å². The summed E-state index contributed by atoms with van der Waals surface area (Å²) >= 11 is 2.70. The lowest BCUT2D eigenvalue weighted by Crippen LogP contribution is -1.99. The van der Waals surface area contributed by atoms with E-state index in [-0.39, 0.29) is 6.42 Å². The van der Waals surface area contributed by atoms with Crippen molar-refractivity contribution in [2.24, 2.45) is 0 Å². The summed E-state index contributed by atoms with van der Waals surface area (Å²) in [7, 11) is 0. The maximum Gasteiger partial charge on any atom is 0.309 e. The lowest BCUT2D eigenvalue weighted by Gasteiger charge is -2.00. The third kappa shape index (κ3) is 4.00. The van der Waals surface area contributed by atoms with Gasteiger partial charge in [0.25, 0.3) is 0 Å². The zero-order valence-electron chi connectivity index (χ0n) is 9.60. The lowest BCUT2D eigenvalue weighted by molar-refractivity contribution is -0.136. The Morgan fingerprint density at radius 3 is 2.84 bits per heavy atom. The topological polar surface area (TPSA) is 50.2 Å². The van der Waals surface area contributed by atoms with Gasteiger partial charge in [-0.05, 0) is 17.7 Å². The van der Waals surface area contributed by atoms with Gasteiger partial charge in [-0.2, -0.15) is 0 Å². The molecule has 0 aliphatic rings. The highest BCUT2D eigenvalue weighted by atomic mass is 32.2. The minimum atomic E-state index is -0.928. The number of halogens is 2. The molecule has 0 saturated carbocycles. The quantitative estimate of drug-likeness (QED) is 0.861. The summed E-state index contributed by atoms with van der Waals surface area (Å²) in [6, 6.07) is 3.74. The second-order valence-corrected chi connectivity index (χ2v) is 5.79. The van der Waals surface area contributed by atoms with Crippen molar-refractivity contribution in [2.75, 3.05) is 0 Å². The van der Waals surface area contributed by atoms with Gasteiger partial charge in [-0.3, -0.25) is 4.79 Å². The van der Waals surface area contributed by atoms with Gasteiger partial charge in [0.2, 0.25) is 0 Å². The summed E-state index contributed by atoms with van der Waals surface area (Å²) < 4.78 is 26.4. The standard InChI is InChI=1S/C12H9F2NO2S2/c13-9-2-1-7(3-10(9)14)5-18-12-15-8(6-19-12)4-11(16)17/h1-3,6H,4-5H2,(H,16,17). The first kappa shape index (κ1) is 14.0. The molecule has 0 unspecified atom stereocenters. The monoisotopic (exact) mass is 301 g/mol. The van der Waals surface area contributed by atoms with Gasteiger partial charge in [-0.15, -0.1) is 11.3 Å². The van der Waals surface area contributed by atoms with Crippen molar-refractivity contribution < 1.29 is 18.7 Å². The largest absolute Gasteiger partial charge is 0.481 e. The van der Waals surface area contributed by atoms with E-state index in [1.165, 1.54) is 29.2 Å². The van der Waals surface area contributed by atoms with Crippen molar-refractivity contribution in [1.82, 2.24) is 4.98 Å². The van der Waals surface area contributed by atoms with Crippen molar-refractivity contribution in [1.29, 1.82) is 0 Å². The molecule has 0 aliphatic carbocycles. The number of carboxylic acids is 1. The molecule has 0 spiro atoms. The minimum Gasteiger partial charge on any atom is -0.481 e. The molecule has 1 aromatic heterocycles. The Labute approximate surface area is 116 Å². The molecule has 19 heavy (non-hydrogen) atoms. The zero-order chi connectivity index (χ0) is 13.8. The van der Waals surface area contributed by atoms with Crippen molar-refractivity contribution in [3.8, 4) is 0 Å². The van der Waals surface area contributed by atoms with Crippen molar-refractivity contribution in [2.45, 2.75) is 16.5 Å². The van der Waals surface area contributed by atoms with E-state index in [4.69, 9.17) is 5.11 Å². The molecule has 0 bridgehead atoms. The molecule has 2 aromatic rings. The van der Waals surface area contributed by atoms with Gasteiger partial charge in [0.1, 0.15) is 4.34 Å². The number of aliphatic carboxylic acids is 1. The van der Waals surface area contributed by atoms with Crippen LogP contribution in [0.1, 0.15) is 11.3 Å². The van der Waals surface area contributed by atoms with Crippen LogP contribution >= 0.6 is 23.1 Å². The molecule has 0 saturated heterocycles. The van der Waals surface area contributed by atoms with E-state index in [0.717, 1.165) is 12.1 Å². The van der Waals surface area contributed by atoms with E-state index in [9.17, 15) is 13.6 Å². The van der Waals surface area contributed by atoms with Crippen LogP contribution in [0, 0.1) is 11.6 Å². The molecule has 3 nitrogen and oxygen atoms in total. The third-order valence-electron chi connectivity index (χ3n) is 2.21. The van der Waals surface area contributed by atoms with E-state index >= 15 is 0 Å². The maximum atomic E-state index is 13.0. The number of rotatable bonds is 5. The summed E-state index contributed by atoms with van der Waals surface area (Å²) in [6.07, 6.45) is -0.109. The van der Waals surface area contributed by atoms with Crippen LogP contribution in [-0.4, -0.2) is 16.1 Å². The fourth-order valence-electron chi connectivity index (χ4n) is 1.37. The van der Waals surface area contributed by atoms with Crippen LogP contribution in [0.2, 0.25) is 0 Å². The first-order chi connectivity index (χ1) is 9.04. The Morgan fingerprint density at radius 2 is 2.16 bits per heavy atom. The smallest absolute Gasteiger partial charge is 0.309 e. The molecule has 0 fully saturated rings. The van der Waals surface area contributed by atoms with E-state index < -0.39 is 17.6 Å². The van der Waals surface area contributed by atoms with E-state index in [1.807, 2.05) is 0 Å². The Bertz CT molecular complexity index is 601. The van der Waals surface area contributed by atoms with E-state index in [1.54, 1.807) is 5.38 Å². The van der Waals surface area contributed by atoms with Crippen molar-refractivity contribution in [3.63, 3.8) is 0 Å². The molecular weight excluding hydrogens is 292 g/mol. The fourth-order valence-corrected chi connectivity index (χ4v) is 3.15. The molecule has 1 heterocycles. The maximum absolute atomic E-state index is 13.0. The predicted molar refractivity (Wildman–Crippen MR) is 69.4 cm³/mol. The zero-order valence-corrected chi connectivity index (χ0v) is 11.2. The van der Waals surface area contributed by atoms with Gasteiger partial charge in [0.05, 0.1) is 12.1 Å². The highest BCUT2D eigenvalue weighted by Gasteiger charge is 2.08. The van der Waals surface area contributed by atoms with Gasteiger partial charge >= 0.3 is 5.97 Å². The van der Waals surface area contributed by atoms with Gasteiger partial charge in [-0.25, -0.2) is 13.8 Å². The molecule has 0 radical (unpaired) electrons. The van der Waals surface area contributed by atoms with Crippen LogP contribution in [0.25, 0.3) is 0 Å². The second kappa shape index (κ2) is 6.12. The number of hydrogen-bond acceptors (Lipinski definition) is 4. The number of thioether (sulfide) groups is 1. The van der Waals surface area contributed by atoms with Crippen LogP contribution in [0.4, 0.5) is 8.78 Å². The number of carbonyl (C=O) groups is 1. The molecule has 0 atom stereocenters. The summed E-state index contributed by atoms with van der Waals surface area (Å²) in [4.78, 5) is 14.6. The third-order valence-corrected chi connectivity index (χ3v) is 4.35. The number of thiazole rings is 1. The molecule has 100 valence electrons. The average molecular weight is 301 g/mol. The highest BCUT2D eigenvalue weighted by molar-refractivity contribution is 8.00.